The number of hydrogen-bond donors (Lipinski definition) is 1. The van der Waals surface area contributed by atoms with Crippen LogP contribution in [-0.4, -0.2) is 26.8 Å². The number of anilines is 1. The van der Waals surface area contributed by atoms with Gasteiger partial charge in [-0.15, -0.1) is 0 Å². The van der Waals surface area contributed by atoms with E-state index in [1.54, 1.807) is 0 Å². The number of hydroxylamine groups is 1. The molecule has 0 saturated heterocycles. The van der Waals surface area contributed by atoms with Gasteiger partial charge in [0.15, 0.2) is 12.2 Å². The Balaban J connectivity index is 2.30. The van der Waals surface area contributed by atoms with E-state index in [0.717, 1.165) is 12.1 Å². The SMILES string of the molecule is O=[N+]([O-])/C=C1/C[N+]([O-])=C(c2ccccc2F)c2cc([N+](=O)[O-])ccc2N1. The lowest BCUT2D eigenvalue weighted by molar-refractivity contribution is -0.450. The van der Waals surface area contributed by atoms with E-state index in [-0.39, 0.29) is 33.9 Å². The lowest BCUT2D eigenvalue weighted by Crippen LogP contribution is -2.20. The van der Waals surface area contributed by atoms with Gasteiger partial charge in [-0.25, -0.2) is 4.39 Å². The molecule has 1 heterocycles. The summed E-state index contributed by atoms with van der Waals surface area (Å²) in [5.41, 5.74) is -0.248. The van der Waals surface area contributed by atoms with Crippen LogP contribution in [0.4, 0.5) is 15.8 Å². The second-order valence-corrected chi connectivity index (χ2v) is 5.42. The maximum Gasteiger partial charge on any atom is 0.270 e. The molecule has 0 amide bonds. The highest BCUT2D eigenvalue weighted by Gasteiger charge is 2.29. The summed E-state index contributed by atoms with van der Waals surface area (Å²) in [4.78, 5) is 20.5. The number of fused-ring (bicyclic) bond motifs is 1. The van der Waals surface area contributed by atoms with Crippen LogP contribution in [0.3, 0.4) is 0 Å². The maximum atomic E-state index is 14.3. The van der Waals surface area contributed by atoms with Crippen molar-refractivity contribution in [3.05, 3.63) is 96.7 Å². The maximum absolute atomic E-state index is 14.3. The Bertz CT molecular complexity index is 986. The van der Waals surface area contributed by atoms with E-state index in [1.165, 1.54) is 30.3 Å². The van der Waals surface area contributed by atoms with E-state index in [4.69, 9.17) is 0 Å². The van der Waals surface area contributed by atoms with Gasteiger partial charge in [0.1, 0.15) is 5.82 Å². The zero-order valence-electron chi connectivity index (χ0n) is 13.1. The molecule has 1 aliphatic rings. The van der Waals surface area contributed by atoms with Gasteiger partial charge < -0.3 is 10.5 Å². The minimum atomic E-state index is -0.727. The normalized spacial score (nSPS) is 15.2. The molecule has 0 spiro atoms. The van der Waals surface area contributed by atoms with Crippen molar-refractivity contribution in [1.82, 2.24) is 0 Å². The minimum Gasteiger partial charge on any atom is -0.623 e. The van der Waals surface area contributed by atoms with Crippen LogP contribution in [0.25, 0.3) is 0 Å². The molecule has 26 heavy (non-hydrogen) atoms. The van der Waals surface area contributed by atoms with Gasteiger partial charge in [0.25, 0.3) is 11.9 Å². The number of nitrogens with zero attached hydrogens (tertiary/aromatic N) is 3. The summed E-state index contributed by atoms with van der Waals surface area (Å²) >= 11 is 0. The Kier molecular flexibility index (Phi) is 4.31. The predicted octanol–water partition coefficient (Wildman–Crippen LogP) is 2.63. The van der Waals surface area contributed by atoms with Crippen molar-refractivity contribution >= 4 is 17.1 Å². The van der Waals surface area contributed by atoms with Crippen LogP contribution >= 0.6 is 0 Å². The van der Waals surface area contributed by atoms with Crippen molar-refractivity contribution in [3.8, 4) is 0 Å². The fourth-order valence-electron chi connectivity index (χ4n) is 2.66. The third kappa shape index (κ3) is 3.20. The van der Waals surface area contributed by atoms with Gasteiger partial charge in [0, 0.05) is 12.1 Å². The van der Waals surface area contributed by atoms with Gasteiger partial charge in [0.2, 0.25) is 5.71 Å². The Hall–Kier alpha value is -3.82. The number of halogens is 1. The highest BCUT2D eigenvalue weighted by Crippen LogP contribution is 2.29. The first kappa shape index (κ1) is 17.0. The van der Waals surface area contributed by atoms with Crippen molar-refractivity contribution in [2.75, 3.05) is 11.9 Å². The van der Waals surface area contributed by atoms with Gasteiger partial charge in [-0.1, -0.05) is 12.1 Å². The molecule has 0 fully saturated rings. The molecule has 0 unspecified atom stereocenters. The molecule has 0 aromatic heterocycles. The van der Waals surface area contributed by atoms with Crippen molar-refractivity contribution in [2.24, 2.45) is 0 Å². The third-order valence-corrected chi connectivity index (χ3v) is 3.72. The van der Waals surface area contributed by atoms with Crippen LogP contribution in [0.15, 0.2) is 54.4 Å². The zero-order valence-corrected chi connectivity index (χ0v) is 13.1. The summed E-state index contributed by atoms with van der Waals surface area (Å²) in [5, 5.41) is 37.2. The average molecular weight is 358 g/mol. The van der Waals surface area contributed by atoms with Crippen LogP contribution in [-0.2, 0) is 0 Å². The molecular formula is C16H11FN4O5. The number of nitro groups is 2. The van der Waals surface area contributed by atoms with E-state index in [1.807, 2.05) is 0 Å². The largest absolute Gasteiger partial charge is 0.623 e. The molecule has 10 heteroatoms. The second-order valence-electron chi connectivity index (χ2n) is 5.42. The molecule has 0 atom stereocenters. The average Bonchev–Trinajstić information content (AvgIpc) is 2.69. The molecule has 2 aromatic carbocycles. The summed E-state index contributed by atoms with van der Waals surface area (Å²) in [6, 6.07) is 9.11. The Morgan fingerprint density at radius 1 is 1.12 bits per heavy atom. The van der Waals surface area contributed by atoms with E-state index < -0.39 is 22.2 Å². The fourth-order valence-corrected chi connectivity index (χ4v) is 2.66. The molecule has 1 N–H and O–H groups in total. The first-order valence-electron chi connectivity index (χ1n) is 7.33. The van der Waals surface area contributed by atoms with Crippen molar-refractivity contribution in [2.45, 2.75) is 0 Å². The minimum absolute atomic E-state index is 0.0357. The lowest BCUT2D eigenvalue weighted by Gasteiger charge is -2.10. The van der Waals surface area contributed by atoms with Crippen molar-refractivity contribution in [3.63, 3.8) is 0 Å². The highest BCUT2D eigenvalue weighted by molar-refractivity contribution is 6.14. The van der Waals surface area contributed by atoms with Crippen LogP contribution in [0.1, 0.15) is 11.1 Å². The number of rotatable bonds is 3. The number of nitro benzene ring substituents is 1. The number of nitrogens with one attached hydrogen (secondary N) is 1. The van der Waals surface area contributed by atoms with E-state index >= 15 is 0 Å². The fraction of sp³-hybridized carbons (Fsp3) is 0.0625. The monoisotopic (exact) mass is 358 g/mol. The standard InChI is InChI=1S/C16H11FN4O5/c17-14-4-2-1-3-12(14)16-13-7-11(21(25)26)5-6-15(13)18-10(8-19(16)22)9-20(23)24/h1-7,9,18H,8H2/b10-9-. The Labute approximate surface area is 145 Å². The summed E-state index contributed by atoms with van der Waals surface area (Å²) in [6.07, 6.45) is 0.625. The van der Waals surface area contributed by atoms with Crippen molar-refractivity contribution in [1.29, 1.82) is 0 Å². The van der Waals surface area contributed by atoms with Gasteiger partial charge in [-0.05, 0) is 18.2 Å². The first-order chi connectivity index (χ1) is 12.4. The molecule has 0 radical (unpaired) electrons. The van der Waals surface area contributed by atoms with Crippen molar-refractivity contribution < 1.29 is 19.0 Å². The summed E-state index contributed by atoms with van der Waals surface area (Å²) < 4.78 is 14.6. The molecule has 0 aliphatic carbocycles. The number of benzene rings is 2. The van der Waals surface area contributed by atoms with E-state index in [9.17, 15) is 29.8 Å². The van der Waals surface area contributed by atoms with Gasteiger partial charge >= 0.3 is 0 Å². The molecule has 1 aliphatic heterocycles. The number of benzodiazepines with no additional fused rings is 1. The van der Waals surface area contributed by atoms with E-state index in [0.29, 0.717) is 10.9 Å². The molecule has 3 rings (SSSR count). The number of hydrogen-bond acceptors (Lipinski definition) is 6. The lowest BCUT2D eigenvalue weighted by atomic mass is 9.99. The summed E-state index contributed by atoms with van der Waals surface area (Å²) in [7, 11) is 0. The molecule has 0 saturated carbocycles. The van der Waals surface area contributed by atoms with E-state index in [2.05, 4.69) is 5.32 Å². The van der Waals surface area contributed by atoms with Crippen LogP contribution in [0.2, 0.25) is 0 Å². The first-order valence-corrected chi connectivity index (χ1v) is 7.33. The number of non-ortho nitro benzene ring substituents is 1. The molecule has 2 aromatic rings. The topological polar surface area (TPSA) is 124 Å². The second kappa shape index (κ2) is 6.59. The zero-order chi connectivity index (χ0) is 18.8. The molecule has 132 valence electrons. The smallest absolute Gasteiger partial charge is 0.270 e. The summed E-state index contributed by atoms with van der Waals surface area (Å²) in [6.45, 7) is -0.451. The van der Waals surface area contributed by atoms with Crippen LogP contribution < -0.4 is 5.32 Å². The summed E-state index contributed by atoms with van der Waals surface area (Å²) in [5.74, 6) is -0.692. The predicted molar refractivity (Wildman–Crippen MR) is 89.9 cm³/mol. The molecule has 9 nitrogen and oxygen atoms in total. The molecular weight excluding hydrogens is 347 g/mol. The quantitative estimate of drug-likeness (QED) is 0.389. The van der Waals surface area contributed by atoms with Gasteiger partial charge in [0.05, 0.1) is 26.7 Å². The Morgan fingerprint density at radius 3 is 2.50 bits per heavy atom. The molecule has 0 bridgehead atoms. The van der Waals surface area contributed by atoms with Gasteiger partial charge in [-0.2, -0.15) is 4.74 Å². The third-order valence-electron chi connectivity index (χ3n) is 3.72. The van der Waals surface area contributed by atoms with Crippen LogP contribution in [0.5, 0.6) is 0 Å². The van der Waals surface area contributed by atoms with Crippen LogP contribution in [0, 0.1) is 31.3 Å². The highest BCUT2D eigenvalue weighted by atomic mass is 19.1. The Morgan fingerprint density at radius 2 is 1.85 bits per heavy atom. The van der Waals surface area contributed by atoms with Gasteiger partial charge in [-0.3, -0.25) is 20.2 Å².